The second kappa shape index (κ2) is 9.05. The predicted molar refractivity (Wildman–Crippen MR) is 103 cm³/mol. The Kier molecular flexibility index (Phi) is 7.10. The lowest BCUT2D eigenvalue weighted by molar-refractivity contribution is -0.170. The molecule has 31 heavy (non-hydrogen) atoms. The Morgan fingerprint density at radius 1 is 0.968 bits per heavy atom. The van der Waals surface area contributed by atoms with E-state index in [4.69, 9.17) is 16.3 Å². The average molecular weight is 463 g/mol. The van der Waals surface area contributed by atoms with E-state index in [0.717, 1.165) is 12.1 Å². The van der Waals surface area contributed by atoms with Crippen LogP contribution in [0.5, 0.6) is 0 Å². The van der Waals surface area contributed by atoms with Crippen LogP contribution < -0.4 is 0 Å². The molecule has 0 radical (unpaired) electrons. The molecule has 2 aromatic rings. The number of hydrogen-bond donors (Lipinski definition) is 1. The Morgan fingerprint density at radius 3 is 1.97 bits per heavy atom. The zero-order valence-corrected chi connectivity index (χ0v) is 17.2. The molecule has 166 valence electrons. The number of halogens is 6. The van der Waals surface area contributed by atoms with E-state index in [2.05, 4.69) is 0 Å². The number of carbonyl (C=O) groups excluding carboxylic acids is 1. The fourth-order valence-corrected chi connectivity index (χ4v) is 2.58. The molecule has 0 aromatic heterocycles. The number of carbonyl (C=O) groups is 2. The molecule has 0 bridgehead atoms. The van der Waals surface area contributed by atoms with Gasteiger partial charge in [-0.15, -0.1) is 0 Å². The van der Waals surface area contributed by atoms with Crippen molar-refractivity contribution >= 4 is 35.7 Å². The number of benzene rings is 2. The third kappa shape index (κ3) is 5.22. The Balaban J connectivity index is 2.58. The predicted octanol–water partition coefficient (Wildman–Crippen LogP) is 5.92. The fraction of sp³-hybridized carbons (Fsp3) is 0.238. The van der Waals surface area contributed by atoms with E-state index >= 15 is 0 Å². The van der Waals surface area contributed by atoms with E-state index in [1.807, 2.05) is 0 Å². The number of hydrogen-bond acceptors (Lipinski definition) is 3. The Morgan fingerprint density at radius 2 is 1.48 bits per heavy atom. The topological polar surface area (TPSA) is 63.6 Å². The van der Waals surface area contributed by atoms with Crippen molar-refractivity contribution in [2.75, 3.05) is 0 Å². The maximum absolute atomic E-state index is 13.9. The van der Waals surface area contributed by atoms with Gasteiger partial charge in [-0.1, -0.05) is 23.7 Å². The van der Waals surface area contributed by atoms with E-state index in [-0.39, 0.29) is 16.1 Å². The van der Waals surface area contributed by atoms with Crippen LogP contribution in [0.2, 0.25) is 5.02 Å². The molecular formula is C21H16ClF5O4. The van der Waals surface area contributed by atoms with Crippen LogP contribution in [0.15, 0.2) is 18.2 Å². The lowest BCUT2D eigenvalue weighted by Gasteiger charge is -2.22. The summed E-state index contributed by atoms with van der Waals surface area (Å²) < 4.78 is 72.9. The van der Waals surface area contributed by atoms with E-state index in [9.17, 15) is 36.6 Å². The summed E-state index contributed by atoms with van der Waals surface area (Å²) in [7, 11) is 0. The minimum absolute atomic E-state index is 0.0394. The van der Waals surface area contributed by atoms with Gasteiger partial charge in [-0.3, -0.25) is 4.79 Å². The monoisotopic (exact) mass is 462 g/mol. The van der Waals surface area contributed by atoms with Crippen molar-refractivity contribution in [1.82, 2.24) is 0 Å². The van der Waals surface area contributed by atoms with Crippen LogP contribution in [0, 0.1) is 34.5 Å². The van der Waals surface area contributed by atoms with Crippen LogP contribution in [0.1, 0.15) is 43.6 Å². The first-order chi connectivity index (χ1) is 14.3. The van der Waals surface area contributed by atoms with Gasteiger partial charge >= 0.3 is 11.9 Å². The maximum Gasteiger partial charge on any atom is 0.349 e. The summed E-state index contributed by atoms with van der Waals surface area (Å²) >= 11 is 5.90. The number of aliphatic carboxylic acids is 1. The molecule has 10 heteroatoms. The zero-order valence-electron chi connectivity index (χ0n) is 16.4. The first-order valence-corrected chi connectivity index (χ1v) is 9.06. The van der Waals surface area contributed by atoms with Crippen LogP contribution in [-0.2, 0) is 14.3 Å². The SMILES string of the molecule is CC(C)(C)C(=O)OC(C(=O)O)c1cc(Cl)ccc1/C=C/c1c(F)c(F)c(F)c(F)c1F. The number of rotatable bonds is 5. The molecule has 0 fully saturated rings. The van der Waals surface area contributed by atoms with Crippen molar-refractivity contribution in [1.29, 1.82) is 0 Å². The van der Waals surface area contributed by atoms with Gasteiger partial charge in [0.2, 0.25) is 11.9 Å². The van der Waals surface area contributed by atoms with Crippen LogP contribution in [-0.4, -0.2) is 17.0 Å². The molecule has 0 aliphatic heterocycles. The van der Waals surface area contributed by atoms with Gasteiger partial charge in [0, 0.05) is 10.6 Å². The second-order valence-electron chi connectivity index (χ2n) is 7.46. The molecule has 1 N–H and O–H groups in total. The summed E-state index contributed by atoms with van der Waals surface area (Å²) in [6, 6.07) is 3.68. The van der Waals surface area contributed by atoms with Crippen molar-refractivity contribution < 1.29 is 41.4 Å². The highest BCUT2D eigenvalue weighted by Gasteiger charge is 2.32. The van der Waals surface area contributed by atoms with Gasteiger partial charge in [0.15, 0.2) is 23.3 Å². The molecule has 0 saturated heterocycles. The highest BCUT2D eigenvalue weighted by Crippen LogP contribution is 2.31. The molecule has 1 unspecified atom stereocenters. The van der Waals surface area contributed by atoms with Gasteiger partial charge in [0.05, 0.1) is 11.0 Å². The van der Waals surface area contributed by atoms with Crippen LogP contribution >= 0.6 is 11.6 Å². The van der Waals surface area contributed by atoms with Gasteiger partial charge in [-0.05, 0) is 44.5 Å². The van der Waals surface area contributed by atoms with Crippen molar-refractivity contribution in [2.45, 2.75) is 26.9 Å². The highest BCUT2D eigenvalue weighted by atomic mass is 35.5. The second-order valence-corrected chi connectivity index (χ2v) is 7.90. The Bertz CT molecular complexity index is 1050. The molecule has 0 spiro atoms. The summed E-state index contributed by atoms with van der Waals surface area (Å²) in [6.07, 6.45) is -0.334. The van der Waals surface area contributed by atoms with Crippen LogP contribution in [0.4, 0.5) is 22.0 Å². The van der Waals surface area contributed by atoms with Gasteiger partial charge < -0.3 is 9.84 Å². The normalized spacial score (nSPS) is 12.8. The molecule has 0 heterocycles. The molecule has 4 nitrogen and oxygen atoms in total. The number of carboxylic acid groups (broad SMARTS) is 1. The molecule has 0 saturated carbocycles. The van der Waals surface area contributed by atoms with Gasteiger partial charge in [-0.2, -0.15) is 0 Å². The van der Waals surface area contributed by atoms with E-state index < -0.39 is 58.1 Å². The Hall–Kier alpha value is -2.94. The fourth-order valence-electron chi connectivity index (χ4n) is 2.40. The lowest BCUT2D eigenvalue weighted by Crippen LogP contribution is -2.28. The van der Waals surface area contributed by atoms with Gasteiger partial charge in [0.1, 0.15) is 0 Å². The first-order valence-electron chi connectivity index (χ1n) is 8.68. The van der Waals surface area contributed by atoms with E-state index in [1.54, 1.807) is 0 Å². The summed E-state index contributed by atoms with van der Waals surface area (Å²) in [5.41, 5.74) is -2.48. The zero-order chi connectivity index (χ0) is 23.7. The average Bonchev–Trinajstić information content (AvgIpc) is 2.68. The van der Waals surface area contributed by atoms with Crippen LogP contribution in [0.25, 0.3) is 12.2 Å². The smallest absolute Gasteiger partial charge is 0.349 e. The lowest BCUT2D eigenvalue weighted by atomic mass is 9.96. The maximum atomic E-state index is 13.9. The summed E-state index contributed by atoms with van der Waals surface area (Å²) in [6.45, 7) is 4.49. The first kappa shape index (κ1) is 24.3. The van der Waals surface area contributed by atoms with Crippen molar-refractivity contribution in [3.8, 4) is 0 Å². The molecule has 2 rings (SSSR count). The minimum Gasteiger partial charge on any atom is -0.478 e. The number of esters is 1. The van der Waals surface area contributed by atoms with Crippen molar-refractivity contribution in [3.63, 3.8) is 0 Å². The molecule has 0 aliphatic carbocycles. The third-order valence-electron chi connectivity index (χ3n) is 4.07. The summed E-state index contributed by atoms with van der Waals surface area (Å²) in [4.78, 5) is 23.9. The Labute approximate surface area is 178 Å². The van der Waals surface area contributed by atoms with Gasteiger partial charge in [0.25, 0.3) is 0 Å². The minimum atomic E-state index is -2.31. The van der Waals surface area contributed by atoms with E-state index in [1.165, 1.54) is 32.9 Å². The molecular weight excluding hydrogens is 447 g/mol. The molecule has 0 aliphatic rings. The molecule has 1 atom stereocenters. The van der Waals surface area contributed by atoms with Gasteiger partial charge in [-0.25, -0.2) is 26.7 Å². The van der Waals surface area contributed by atoms with E-state index in [0.29, 0.717) is 6.08 Å². The summed E-state index contributed by atoms with van der Waals surface area (Å²) in [5, 5.41) is 9.59. The quantitative estimate of drug-likeness (QED) is 0.197. The highest BCUT2D eigenvalue weighted by molar-refractivity contribution is 6.30. The van der Waals surface area contributed by atoms with Crippen LogP contribution in [0.3, 0.4) is 0 Å². The van der Waals surface area contributed by atoms with Crippen molar-refractivity contribution in [2.24, 2.45) is 5.41 Å². The third-order valence-corrected chi connectivity index (χ3v) is 4.30. The number of ether oxygens (including phenoxy) is 1. The molecule has 0 amide bonds. The molecule has 2 aromatic carbocycles. The summed E-state index contributed by atoms with van der Waals surface area (Å²) in [5.74, 6) is -13.1. The largest absolute Gasteiger partial charge is 0.478 e. The number of carboxylic acids is 1. The van der Waals surface area contributed by atoms with Crippen molar-refractivity contribution in [3.05, 3.63) is 69.0 Å². The standard InChI is InChI=1S/C21H16ClF5O4/c1-21(2,3)20(30)31-18(19(28)29)12-8-10(22)6-4-9(12)5-7-11-13(23)15(25)17(27)16(26)14(11)24/h4-8,18H,1-3H3,(H,28,29)/b7-5+.